The van der Waals surface area contributed by atoms with Gasteiger partial charge in [0.2, 0.25) is 0 Å². The molecule has 94 valence electrons. The average molecular weight is 237 g/mol. The number of nitrogens with zero attached hydrogens (tertiary/aromatic N) is 2. The molecule has 5 nitrogen and oxygen atoms in total. The van der Waals surface area contributed by atoms with E-state index < -0.39 is 0 Å². The molecule has 2 saturated heterocycles. The van der Waals surface area contributed by atoms with E-state index in [-0.39, 0.29) is 12.1 Å². The average Bonchev–Trinajstić information content (AvgIpc) is 2.90. The number of aromatic nitrogens is 2. The highest BCUT2D eigenvalue weighted by Crippen LogP contribution is 2.28. The standard InChI is InChI=1S/C12H19N3O2/c1-3-7-13-9(5-1)11-14-12(17-15-11)10-6-2-4-8-16-10/h9-10,13H,1-8H2. The highest BCUT2D eigenvalue weighted by molar-refractivity contribution is 4.98. The summed E-state index contributed by atoms with van der Waals surface area (Å²) in [4.78, 5) is 4.49. The van der Waals surface area contributed by atoms with Gasteiger partial charge in [-0.15, -0.1) is 0 Å². The van der Waals surface area contributed by atoms with Gasteiger partial charge in [0.15, 0.2) is 5.82 Å². The number of hydrogen-bond donors (Lipinski definition) is 1. The lowest BCUT2D eigenvalue weighted by molar-refractivity contribution is -0.00459. The molecule has 1 aromatic rings. The lowest BCUT2D eigenvalue weighted by Gasteiger charge is -2.20. The molecule has 0 amide bonds. The van der Waals surface area contributed by atoms with Crippen molar-refractivity contribution in [2.24, 2.45) is 0 Å². The van der Waals surface area contributed by atoms with E-state index in [9.17, 15) is 0 Å². The first kappa shape index (κ1) is 11.2. The molecule has 5 heteroatoms. The van der Waals surface area contributed by atoms with E-state index in [0.29, 0.717) is 5.89 Å². The quantitative estimate of drug-likeness (QED) is 0.853. The minimum absolute atomic E-state index is 0.0218. The molecule has 2 unspecified atom stereocenters. The lowest BCUT2D eigenvalue weighted by atomic mass is 10.0. The van der Waals surface area contributed by atoms with Crippen molar-refractivity contribution in [3.8, 4) is 0 Å². The van der Waals surface area contributed by atoms with Gasteiger partial charge < -0.3 is 14.6 Å². The van der Waals surface area contributed by atoms with E-state index >= 15 is 0 Å². The summed E-state index contributed by atoms with van der Waals surface area (Å²) in [6, 6.07) is 0.268. The Labute approximate surface area is 101 Å². The molecule has 0 spiro atoms. The molecule has 1 N–H and O–H groups in total. The Morgan fingerprint density at radius 3 is 2.82 bits per heavy atom. The highest BCUT2D eigenvalue weighted by atomic mass is 16.5. The molecule has 2 aliphatic rings. The number of nitrogens with one attached hydrogen (secondary N) is 1. The van der Waals surface area contributed by atoms with Gasteiger partial charge in [-0.05, 0) is 38.6 Å². The van der Waals surface area contributed by atoms with Gasteiger partial charge in [0.1, 0.15) is 6.10 Å². The maximum absolute atomic E-state index is 5.65. The van der Waals surface area contributed by atoms with E-state index in [1.807, 2.05) is 0 Å². The second-order valence-corrected chi connectivity index (χ2v) is 4.85. The molecule has 2 atom stereocenters. The van der Waals surface area contributed by atoms with Gasteiger partial charge in [-0.25, -0.2) is 0 Å². The van der Waals surface area contributed by atoms with Crippen LogP contribution in [0.5, 0.6) is 0 Å². The monoisotopic (exact) mass is 237 g/mol. The zero-order valence-corrected chi connectivity index (χ0v) is 10.0. The van der Waals surface area contributed by atoms with Gasteiger partial charge in [0.05, 0.1) is 6.04 Å². The Bertz CT molecular complexity index is 322. The van der Waals surface area contributed by atoms with Crippen molar-refractivity contribution in [1.29, 1.82) is 0 Å². The Morgan fingerprint density at radius 1 is 1.12 bits per heavy atom. The summed E-state index contributed by atoms with van der Waals surface area (Å²) >= 11 is 0. The molecule has 0 aliphatic carbocycles. The lowest BCUT2D eigenvalue weighted by Crippen LogP contribution is -2.27. The second kappa shape index (κ2) is 5.14. The molecular weight excluding hydrogens is 218 g/mol. The van der Waals surface area contributed by atoms with Crippen molar-refractivity contribution in [3.63, 3.8) is 0 Å². The molecule has 0 radical (unpaired) electrons. The summed E-state index contributed by atoms with van der Waals surface area (Å²) < 4.78 is 11.0. The van der Waals surface area contributed by atoms with Gasteiger partial charge in [-0.1, -0.05) is 11.6 Å². The molecule has 1 aromatic heterocycles. The zero-order valence-electron chi connectivity index (χ0n) is 10.0. The van der Waals surface area contributed by atoms with Gasteiger partial charge in [-0.3, -0.25) is 0 Å². The second-order valence-electron chi connectivity index (χ2n) is 4.85. The van der Waals surface area contributed by atoms with Gasteiger partial charge in [0, 0.05) is 6.61 Å². The number of rotatable bonds is 2. The first-order valence-electron chi connectivity index (χ1n) is 6.62. The van der Waals surface area contributed by atoms with Gasteiger partial charge in [0.25, 0.3) is 5.89 Å². The van der Waals surface area contributed by atoms with E-state index in [1.165, 1.54) is 19.3 Å². The fourth-order valence-electron chi connectivity index (χ4n) is 2.53. The van der Waals surface area contributed by atoms with Crippen LogP contribution in [0.3, 0.4) is 0 Å². The molecule has 0 saturated carbocycles. The summed E-state index contributed by atoms with van der Waals surface area (Å²) in [5.41, 5.74) is 0. The van der Waals surface area contributed by atoms with Gasteiger partial charge >= 0.3 is 0 Å². The van der Waals surface area contributed by atoms with E-state index in [1.54, 1.807) is 0 Å². The smallest absolute Gasteiger partial charge is 0.255 e. The maximum Gasteiger partial charge on any atom is 0.255 e. The van der Waals surface area contributed by atoms with Crippen LogP contribution in [0.25, 0.3) is 0 Å². The molecule has 0 bridgehead atoms. The van der Waals surface area contributed by atoms with Crippen molar-refractivity contribution in [1.82, 2.24) is 15.5 Å². The number of piperidine rings is 1. The molecule has 2 fully saturated rings. The van der Waals surface area contributed by atoms with Crippen LogP contribution in [0.4, 0.5) is 0 Å². The Kier molecular flexibility index (Phi) is 3.38. The van der Waals surface area contributed by atoms with E-state index in [0.717, 1.165) is 38.2 Å². The number of hydrogen-bond acceptors (Lipinski definition) is 5. The minimum atomic E-state index is 0.0218. The summed E-state index contributed by atoms with van der Waals surface area (Å²) in [6.45, 7) is 1.86. The van der Waals surface area contributed by atoms with Crippen LogP contribution in [0.15, 0.2) is 4.52 Å². The SMILES string of the molecule is C1CCC(c2noc(C3CCCCO3)n2)NC1. The molecular formula is C12H19N3O2. The predicted octanol–water partition coefficient (Wildman–Crippen LogP) is 2.13. The fourth-order valence-corrected chi connectivity index (χ4v) is 2.53. The molecule has 2 aliphatic heterocycles. The van der Waals surface area contributed by atoms with Crippen LogP contribution >= 0.6 is 0 Å². The zero-order chi connectivity index (χ0) is 11.5. The highest BCUT2D eigenvalue weighted by Gasteiger charge is 2.25. The van der Waals surface area contributed by atoms with Crippen LogP contribution in [0.2, 0.25) is 0 Å². The molecule has 0 aromatic carbocycles. The third kappa shape index (κ3) is 2.50. The Hall–Kier alpha value is -0.940. The van der Waals surface area contributed by atoms with Crippen molar-refractivity contribution in [2.45, 2.75) is 50.7 Å². The Balaban J connectivity index is 1.68. The normalized spacial score (nSPS) is 30.4. The summed E-state index contributed by atoms with van der Waals surface area (Å²) in [5, 5.41) is 7.51. The molecule has 3 rings (SSSR count). The van der Waals surface area contributed by atoms with Crippen LogP contribution in [-0.2, 0) is 4.74 Å². The first-order valence-corrected chi connectivity index (χ1v) is 6.62. The summed E-state index contributed by atoms with van der Waals surface area (Å²) in [5.74, 6) is 1.46. The summed E-state index contributed by atoms with van der Waals surface area (Å²) in [6.07, 6.45) is 6.93. The van der Waals surface area contributed by atoms with Crippen LogP contribution in [0.1, 0.15) is 62.4 Å². The first-order chi connectivity index (χ1) is 8.43. The fraction of sp³-hybridized carbons (Fsp3) is 0.833. The third-order valence-corrected chi connectivity index (χ3v) is 3.53. The third-order valence-electron chi connectivity index (χ3n) is 3.53. The van der Waals surface area contributed by atoms with Crippen molar-refractivity contribution < 1.29 is 9.26 Å². The van der Waals surface area contributed by atoms with E-state index in [2.05, 4.69) is 15.5 Å². The van der Waals surface area contributed by atoms with Crippen molar-refractivity contribution in [2.75, 3.05) is 13.2 Å². The van der Waals surface area contributed by atoms with Crippen molar-refractivity contribution in [3.05, 3.63) is 11.7 Å². The predicted molar refractivity (Wildman–Crippen MR) is 61.4 cm³/mol. The Morgan fingerprint density at radius 2 is 2.06 bits per heavy atom. The minimum Gasteiger partial charge on any atom is -0.368 e. The van der Waals surface area contributed by atoms with Crippen LogP contribution < -0.4 is 5.32 Å². The summed E-state index contributed by atoms with van der Waals surface area (Å²) in [7, 11) is 0. The number of ether oxygens (including phenoxy) is 1. The van der Waals surface area contributed by atoms with Crippen molar-refractivity contribution >= 4 is 0 Å². The molecule has 17 heavy (non-hydrogen) atoms. The van der Waals surface area contributed by atoms with Gasteiger partial charge in [-0.2, -0.15) is 4.98 Å². The van der Waals surface area contributed by atoms with E-state index in [4.69, 9.17) is 9.26 Å². The molecule has 3 heterocycles. The van der Waals surface area contributed by atoms with Crippen LogP contribution in [0, 0.1) is 0 Å². The van der Waals surface area contributed by atoms with Crippen LogP contribution in [-0.4, -0.2) is 23.3 Å². The maximum atomic E-state index is 5.65. The largest absolute Gasteiger partial charge is 0.368 e. The topological polar surface area (TPSA) is 60.2 Å².